The van der Waals surface area contributed by atoms with Crippen molar-refractivity contribution in [2.45, 2.75) is 6.18 Å². The molecule has 3 aromatic rings. The van der Waals surface area contributed by atoms with Gasteiger partial charge in [0.15, 0.2) is 0 Å². The van der Waals surface area contributed by atoms with Gasteiger partial charge >= 0.3 is 12.2 Å². The maximum atomic E-state index is 13.4. The van der Waals surface area contributed by atoms with Gasteiger partial charge in [-0.15, -0.1) is 0 Å². The molecule has 10 heteroatoms. The fourth-order valence-corrected chi connectivity index (χ4v) is 3.09. The predicted octanol–water partition coefficient (Wildman–Crippen LogP) is 5.32. The summed E-state index contributed by atoms with van der Waals surface area (Å²) in [5, 5.41) is 4.84. The molecule has 0 aliphatic carbocycles. The van der Waals surface area contributed by atoms with Gasteiger partial charge in [0, 0.05) is 30.0 Å². The van der Waals surface area contributed by atoms with E-state index < -0.39 is 29.5 Å². The Kier molecular flexibility index (Phi) is 7.72. The molecule has 0 aliphatic heterocycles. The maximum absolute atomic E-state index is 13.4. The second kappa shape index (κ2) is 10.7. The van der Waals surface area contributed by atoms with Gasteiger partial charge in [-0.1, -0.05) is 6.07 Å². The zero-order valence-electron chi connectivity index (χ0n) is 18.0. The van der Waals surface area contributed by atoms with E-state index in [1.54, 1.807) is 24.3 Å². The van der Waals surface area contributed by atoms with Crippen LogP contribution in [0.1, 0.15) is 15.9 Å². The van der Waals surface area contributed by atoms with Gasteiger partial charge in [0.05, 0.1) is 12.7 Å². The Balaban J connectivity index is 1.67. The number of ether oxygens (including phenoxy) is 1. The highest BCUT2D eigenvalue weighted by Crippen LogP contribution is 2.30. The Morgan fingerprint density at radius 1 is 0.971 bits per heavy atom. The number of halogens is 4. The molecular weight excluding hydrogens is 454 g/mol. The quantitative estimate of drug-likeness (QED) is 0.455. The maximum Gasteiger partial charge on any atom is 0.416 e. The summed E-state index contributed by atoms with van der Waals surface area (Å²) in [5.74, 6) is -0.300. The smallest absolute Gasteiger partial charge is 0.416 e. The number of nitrogens with one attached hydrogen (secondary N) is 2. The van der Waals surface area contributed by atoms with Crippen LogP contribution in [0.25, 0.3) is 0 Å². The molecule has 0 aromatic heterocycles. The molecule has 0 saturated carbocycles. The normalized spacial score (nSPS) is 11.0. The first kappa shape index (κ1) is 24.6. The number of urea groups is 1. The van der Waals surface area contributed by atoms with Crippen LogP contribution >= 0.6 is 0 Å². The van der Waals surface area contributed by atoms with Crippen molar-refractivity contribution in [3.8, 4) is 5.75 Å². The Morgan fingerprint density at radius 2 is 1.65 bits per heavy atom. The molecule has 3 amide bonds. The molecule has 0 aliphatic rings. The summed E-state index contributed by atoms with van der Waals surface area (Å²) in [7, 11) is 1.50. The number of alkyl halides is 3. The lowest BCUT2D eigenvalue weighted by atomic mass is 10.1. The van der Waals surface area contributed by atoms with Gasteiger partial charge in [0.25, 0.3) is 5.91 Å². The first-order chi connectivity index (χ1) is 16.2. The van der Waals surface area contributed by atoms with Gasteiger partial charge in [-0.25, -0.2) is 9.18 Å². The highest BCUT2D eigenvalue weighted by Gasteiger charge is 2.30. The van der Waals surface area contributed by atoms with Crippen LogP contribution in [0.15, 0.2) is 72.8 Å². The Bertz CT molecular complexity index is 1130. The summed E-state index contributed by atoms with van der Waals surface area (Å²) >= 11 is 0. The monoisotopic (exact) mass is 475 g/mol. The fraction of sp³-hybridized carbons (Fsp3) is 0.167. The number of methoxy groups -OCH3 is 1. The number of benzene rings is 3. The molecule has 0 heterocycles. The molecule has 0 atom stereocenters. The number of anilines is 2. The molecule has 178 valence electrons. The van der Waals surface area contributed by atoms with Crippen LogP contribution < -0.4 is 20.3 Å². The molecule has 34 heavy (non-hydrogen) atoms. The molecular formula is C24H21F4N3O3. The minimum atomic E-state index is -4.54. The van der Waals surface area contributed by atoms with Gasteiger partial charge < -0.3 is 20.3 Å². The van der Waals surface area contributed by atoms with Gasteiger partial charge in [0.2, 0.25) is 0 Å². The van der Waals surface area contributed by atoms with E-state index in [1.807, 2.05) is 0 Å². The van der Waals surface area contributed by atoms with E-state index >= 15 is 0 Å². The zero-order chi connectivity index (χ0) is 24.7. The molecule has 0 spiro atoms. The first-order valence-corrected chi connectivity index (χ1v) is 10.1. The topological polar surface area (TPSA) is 70.7 Å². The summed E-state index contributed by atoms with van der Waals surface area (Å²) in [4.78, 5) is 26.6. The van der Waals surface area contributed by atoms with Crippen LogP contribution in [0.5, 0.6) is 5.75 Å². The third kappa shape index (κ3) is 6.47. The number of carbonyl (C=O) groups is 2. The van der Waals surface area contributed by atoms with Gasteiger partial charge in [-0.2, -0.15) is 13.2 Å². The van der Waals surface area contributed by atoms with Crippen LogP contribution in [-0.2, 0) is 6.18 Å². The second-order valence-corrected chi connectivity index (χ2v) is 7.12. The number of amides is 3. The van der Waals surface area contributed by atoms with Crippen molar-refractivity contribution in [2.24, 2.45) is 0 Å². The van der Waals surface area contributed by atoms with Gasteiger partial charge in [-0.05, 0) is 66.7 Å². The van der Waals surface area contributed by atoms with Crippen molar-refractivity contribution >= 4 is 23.3 Å². The summed E-state index contributed by atoms with van der Waals surface area (Å²) in [6.07, 6.45) is -4.54. The highest BCUT2D eigenvalue weighted by atomic mass is 19.4. The lowest BCUT2D eigenvalue weighted by Crippen LogP contribution is -2.40. The standard InChI is InChI=1S/C24H21F4N3O3/c1-34-21-11-5-16(6-12-21)22(32)31(20-9-7-18(25)8-10-20)14-13-29-23(33)30-19-4-2-3-17(15-19)24(26,27)28/h2-12,15H,13-14H2,1H3,(H2,29,30,33). The van der Waals surface area contributed by atoms with Crippen LogP contribution in [0.4, 0.5) is 33.7 Å². The molecule has 0 unspecified atom stereocenters. The molecule has 3 rings (SSSR count). The second-order valence-electron chi connectivity index (χ2n) is 7.12. The summed E-state index contributed by atoms with van der Waals surface area (Å²) in [5.41, 5.74) is -0.171. The van der Waals surface area contributed by atoms with Gasteiger partial charge in [-0.3, -0.25) is 4.79 Å². The minimum Gasteiger partial charge on any atom is -0.497 e. The molecule has 3 aromatic carbocycles. The molecule has 2 N–H and O–H groups in total. The van der Waals surface area contributed by atoms with Crippen LogP contribution in [-0.4, -0.2) is 32.1 Å². The van der Waals surface area contributed by atoms with E-state index in [4.69, 9.17) is 4.74 Å². The summed E-state index contributed by atoms with van der Waals surface area (Å²) in [6.45, 7) is -0.00340. The van der Waals surface area contributed by atoms with Crippen LogP contribution in [0, 0.1) is 5.82 Å². The number of rotatable bonds is 7. The molecule has 0 bridgehead atoms. The first-order valence-electron chi connectivity index (χ1n) is 10.1. The average molecular weight is 475 g/mol. The summed E-state index contributed by atoms with van der Waals surface area (Å²) < 4.78 is 57.0. The van der Waals surface area contributed by atoms with Crippen molar-refractivity contribution in [3.63, 3.8) is 0 Å². The van der Waals surface area contributed by atoms with Gasteiger partial charge in [0.1, 0.15) is 11.6 Å². The van der Waals surface area contributed by atoms with E-state index in [0.29, 0.717) is 17.0 Å². The number of hydrogen-bond donors (Lipinski definition) is 2. The lowest BCUT2D eigenvalue weighted by Gasteiger charge is -2.23. The third-order valence-electron chi connectivity index (χ3n) is 4.79. The SMILES string of the molecule is COc1ccc(C(=O)N(CCNC(=O)Nc2cccc(C(F)(F)F)c2)c2ccc(F)cc2)cc1. The van der Waals surface area contributed by atoms with Crippen molar-refractivity contribution in [1.29, 1.82) is 0 Å². The number of nitrogens with zero attached hydrogens (tertiary/aromatic N) is 1. The number of hydrogen-bond acceptors (Lipinski definition) is 3. The lowest BCUT2D eigenvalue weighted by molar-refractivity contribution is -0.137. The zero-order valence-corrected chi connectivity index (χ0v) is 18.0. The molecule has 0 saturated heterocycles. The third-order valence-corrected chi connectivity index (χ3v) is 4.79. The van der Waals surface area contributed by atoms with E-state index in [2.05, 4.69) is 10.6 Å². The average Bonchev–Trinajstić information content (AvgIpc) is 2.82. The van der Waals surface area contributed by atoms with Crippen LogP contribution in [0.3, 0.4) is 0 Å². The molecule has 0 fully saturated rings. The Labute approximate surface area is 193 Å². The predicted molar refractivity (Wildman–Crippen MR) is 120 cm³/mol. The van der Waals surface area contributed by atoms with Crippen molar-refractivity contribution in [2.75, 3.05) is 30.4 Å². The van der Waals surface area contributed by atoms with Crippen LogP contribution in [0.2, 0.25) is 0 Å². The van der Waals surface area contributed by atoms with Crippen molar-refractivity contribution in [1.82, 2.24) is 5.32 Å². The minimum absolute atomic E-state index is 0.0203. The van der Waals surface area contributed by atoms with E-state index in [-0.39, 0.29) is 18.8 Å². The Morgan fingerprint density at radius 3 is 2.26 bits per heavy atom. The molecule has 6 nitrogen and oxygen atoms in total. The summed E-state index contributed by atoms with van der Waals surface area (Å²) in [6, 6.07) is 15.1. The largest absolute Gasteiger partial charge is 0.497 e. The highest BCUT2D eigenvalue weighted by molar-refractivity contribution is 6.06. The fourth-order valence-electron chi connectivity index (χ4n) is 3.09. The van der Waals surface area contributed by atoms with E-state index in [9.17, 15) is 27.2 Å². The van der Waals surface area contributed by atoms with Crippen molar-refractivity contribution < 1.29 is 31.9 Å². The Hall–Kier alpha value is -4.08. The van der Waals surface area contributed by atoms with Crippen molar-refractivity contribution in [3.05, 3.63) is 89.7 Å². The number of carbonyl (C=O) groups excluding carboxylic acids is 2. The van der Waals surface area contributed by atoms with E-state index in [0.717, 1.165) is 12.1 Å². The van der Waals surface area contributed by atoms with E-state index in [1.165, 1.54) is 48.4 Å². The molecule has 0 radical (unpaired) electrons.